The predicted octanol–water partition coefficient (Wildman–Crippen LogP) is 2.02. The third-order valence-corrected chi connectivity index (χ3v) is 8.12. The van der Waals surface area contributed by atoms with Gasteiger partial charge in [0.15, 0.2) is 0 Å². The van der Waals surface area contributed by atoms with Gasteiger partial charge in [-0.25, -0.2) is 13.6 Å². The molecule has 1 aliphatic carbocycles. The molecule has 0 saturated heterocycles. The number of hydrogen-bond donors (Lipinski definition) is 3. The monoisotopic (exact) mass is 400 g/mol. The van der Waals surface area contributed by atoms with E-state index in [1.807, 2.05) is 17.5 Å². The Morgan fingerprint density at radius 3 is 2.60 bits per heavy atom. The van der Waals surface area contributed by atoms with E-state index in [0.717, 1.165) is 35.5 Å². The van der Waals surface area contributed by atoms with Crippen molar-refractivity contribution < 1.29 is 18.3 Å². The highest BCUT2D eigenvalue weighted by Crippen LogP contribution is 2.50. The first kappa shape index (κ1) is 18.5. The summed E-state index contributed by atoms with van der Waals surface area (Å²) in [5.41, 5.74) is -0.304. The van der Waals surface area contributed by atoms with Crippen molar-refractivity contribution in [2.24, 2.45) is 10.6 Å². The Balaban J connectivity index is 1.74. The maximum Gasteiger partial charge on any atom is 0.247 e. The molecule has 9 heteroatoms. The van der Waals surface area contributed by atoms with Crippen LogP contribution in [0.4, 0.5) is 0 Å². The van der Waals surface area contributed by atoms with Crippen molar-refractivity contribution in [1.82, 2.24) is 5.32 Å². The highest BCUT2D eigenvalue weighted by Gasteiger charge is 2.45. The van der Waals surface area contributed by atoms with Crippen molar-refractivity contribution in [3.05, 3.63) is 39.4 Å². The van der Waals surface area contributed by atoms with Gasteiger partial charge in [0.1, 0.15) is 4.21 Å². The zero-order valence-corrected chi connectivity index (χ0v) is 15.9. The molecular weight excluding hydrogens is 380 g/mol. The minimum absolute atomic E-state index is 0.0322. The van der Waals surface area contributed by atoms with Crippen LogP contribution in [-0.4, -0.2) is 26.0 Å². The number of amides is 1. The van der Waals surface area contributed by atoms with Crippen LogP contribution >= 0.6 is 22.7 Å². The average Bonchev–Trinajstić information content (AvgIpc) is 3.16. The molecule has 0 radical (unpaired) electrons. The van der Waals surface area contributed by atoms with Gasteiger partial charge in [-0.2, -0.15) is 0 Å². The molecule has 136 valence electrons. The SMILES string of the molecule is NS(=O)(=O)c1ccc(CC(=O)NC(c2cccs2)C2(CO)CCC2)s1. The standard InChI is InChI=1S/C16H20N2O4S3/c17-25(21,22)14-5-4-11(24-14)9-13(20)18-15(12-3-1-8-23-12)16(10-19)6-2-7-16/h1,3-5,8,15,19H,2,6-7,9-10H2,(H,18,20)(H2,17,21,22). The number of nitrogens with one attached hydrogen (secondary N) is 1. The summed E-state index contributed by atoms with van der Waals surface area (Å²) < 4.78 is 22.7. The Hall–Kier alpha value is -1.26. The molecule has 25 heavy (non-hydrogen) atoms. The normalized spacial score (nSPS) is 17.7. The third-order valence-electron chi connectivity index (χ3n) is 4.66. The third kappa shape index (κ3) is 3.95. The minimum Gasteiger partial charge on any atom is -0.396 e. The van der Waals surface area contributed by atoms with E-state index in [0.29, 0.717) is 4.88 Å². The maximum atomic E-state index is 12.5. The van der Waals surface area contributed by atoms with E-state index in [-0.39, 0.29) is 34.6 Å². The molecule has 0 spiro atoms. The van der Waals surface area contributed by atoms with Crippen molar-refractivity contribution in [2.45, 2.75) is 35.9 Å². The lowest BCUT2D eigenvalue weighted by molar-refractivity contribution is -0.123. The number of carbonyl (C=O) groups excluding carboxylic acids is 1. The molecular formula is C16H20N2O4S3. The lowest BCUT2D eigenvalue weighted by Crippen LogP contribution is -2.47. The van der Waals surface area contributed by atoms with Crippen LogP contribution in [0.15, 0.2) is 33.9 Å². The fourth-order valence-corrected chi connectivity index (χ4v) is 5.82. The molecule has 2 aromatic rings. The Kier molecular flexibility index (Phi) is 5.31. The lowest BCUT2D eigenvalue weighted by Gasteiger charge is -2.46. The molecule has 1 atom stereocenters. The Morgan fingerprint density at radius 2 is 2.12 bits per heavy atom. The van der Waals surface area contributed by atoms with Gasteiger partial charge in [0.2, 0.25) is 15.9 Å². The summed E-state index contributed by atoms with van der Waals surface area (Å²) in [6, 6.07) is 6.70. The molecule has 1 amide bonds. The van der Waals surface area contributed by atoms with Gasteiger partial charge < -0.3 is 10.4 Å². The van der Waals surface area contributed by atoms with Gasteiger partial charge in [0, 0.05) is 15.2 Å². The zero-order chi connectivity index (χ0) is 18.1. The first-order valence-electron chi connectivity index (χ1n) is 7.89. The molecule has 0 bridgehead atoms. The van der Waals surface area contributed by atoms with Crippen molar-refractivity contribution in [1.29, 1.82) is 0 Å². The molecule has 1 unspecified atom stereocenters. The number of aliphatic hydroxyl groups is 1. The summed E-state index contributed by atoms with van der Waals surface area (Å²) in [4.78, 5) is 14.2. The second-order valence-corrected chi connectivity index (χ2v) is 10.3. The molecule has 3 rings (SSSR count). The number of sulfonamides is 1. The van der Waals surface area contributed by atoms with Gasteiger partial charge in [-0.1, -0.05) is 12.5 Å². The van der Waals surface area contributed by atoms with Crippen LogP contribution in [-0.2, 0) is 21.2 Å². The molecule has 0 aromatic carbocycles. The van der Waals surface area contributed by atoms with E-state index >= 15 is 0 Å². The van der Waals surface area contributed by atoms with Crippen LogP contribution in [0.1, 0.15) is 35.1 Å². The molecule has 4 N–H and O–H groups in total. The second kappa shape index (κ2) is 7.16. The fourth-order valence-electron chi connectivity index (χ4n) is 3.13. The molecule has 2 aromatic heterocycles. The fraction of sp³-hybridized carbons (Fsp3) is 0.438. The smallest absolute Gasteiger partial charge is 0.247 e. The van der Waals surface area contributed by atoms with E-state index < -0.39 is 10.0 Å². The van der Waals surface area contributed by atoms with E-state index in [1.165, 1.54) is 6.07 Å². The largest absolute Gasteiger partial charge is 0.396 e. The summed E-state index contributed by atoms with van der Waals surface area (Å²) in [7, 11) is -3.74. The number of rotatable bonds is 7. The summed E-state index contributed by atoms with van der Waals surface area (Å²) in [5.74, 6) is -0.194. The topological polar surface area (TPSA) is 109 Å². The highest BCUT2D eigenvalue weighted by atomic mass is 32.2. The van der Waals surface area contributed by atoms with Crippen molar-refractivity contribution in [2.75, 3.05) is 6.61 Å². The van der Waals surface area contributed by atoms with Crippen molar-refractivity contribution >= 4 is 38.6 Å². The molecule has 1 aliphatic rings. The van der Waals surface area contributed by atoms with E-state index in [9.17, 15) is 18.3 Å². The molecule has 1 saturated carbocycles. The van der Waals surface area contributed by atoms with Crippen LogP contribution in [0.5, 0.6) is 0 Å². The Morgan fingerprint density at radius 1 is 1.36 bits per heavy atom. The van der Waals surface area contributed by atoms with Gasteiger partial charge in [-0.05, 0) is 36.4 Å². The van der Waals surface area contributed by atoms with Gasteiger partial charge >= 0.3 is 0 Å². The van der Waals surface area contributed by atoms with E-state index in [1.54, 1.807) is 17.4 Å². The summed E-state index contributed by atoms with van der Waals surface area (Å²) in [5, 5.41) is 20.0. The van der Waals surface area contributed by atoms with Crippen LogP contribution in [0.25, 0.3) is 0 Å². The first-order valence-corrected chi connectivity index (χ1v) is 11.1. The maximum absolute atomic E-state index is 12.5. The second-order valence-electron chi connectivity index (χ2n) is 6.33. The quantitative estimate of drug-likeness (QED) is 0.660. The highest BCUT2D eigenvalue weighted by molar-refractivity contribution is 7.91. The van der Waals surface area contributed by atoms with Gasteiger partial charge in [0.25, 0.3) is 0 Å². The number of hydrogen-bond acceptors (Lipinski definition) is 6. The van der Waals surface area contributed by atoms with E-state index in [2.05, 4.69) is 5.32 Å². The zero-order valence-electron chi connectivity index (χ0n) is 13.5. The summed E-state index contributed by atoms with van der Waals surface area (Å²) in [6.45, 7) is 0.0322. The number of nitrogens with two attached hydrogens (primary N) is 1. The Labute approximate surface area is 154 Å². The molecule has 0 aliphatic heterocycles. The van der Waals surface area contributed by atoms with Crippen molar-refractivity contribution in [3.63, 3.8) is 0 Å². The van der Waals surface area contributed by atoms with Crippen LogP contribution in [0, 0.1) is 5.41 Å². The number of carbonyl (C=O) groups is 1. The predicted molar refractivity (Wildman–Crippen MR) is 98.0 cm³/mol. The number of primary sulfonamides is 1. The lowest BCUT2D eigenvalue weighted by atomic mass is 9.64. The van der Waals surface area contributed by atoms with Crippen molar-refractivity contribution in [3.8, 4) is 0 Å². The minimum atomic E-state index is -3.74. The summed E-state index contributed by atoms with van der Waals surface area (Å²) in [6.07, 6.45) is 2.88. The van der Waals surface area contributed by atoms with E-state index in [4.69, 9.17) is 5.14 Å². The average molecular weight is 401 g/mol. The first-order chi connectivity index (χ1) is 11.8. The number of aliphatic hydroxyl groups excluding tert-OH is 1. The Bertz CT molecular complexity index is 833. The van der Waals surface area contributed by atoms with Crippen LogP contribution < -0.4 is 10.5 Å². The van der Waals surface area contributed by atoms with Gasteiger partial charge in [0.05, 0.1) is 19.1 Å². The van der Waals surface area contributed by atoms with Crippen LogP contribution in [0.3, 0.4) is 0 Å². The molecule has 6 nitrogen and oxygen atoms in total. The van der Waals surface area contributed by atoms with Crippen LogP contribution in [0.2, 0.25) is 0 Å². The number of thiophene rings is 2. The molecule has 2 heterocycles. The van der Waals surface area contributed by atoms with Gasteiger partial charge in [-0.15, -0.1) is 22.7 Å². The summed E-state index contributed by atoms with van der Waals surface area (Å²) >= 11 is 2.56. The molecule has 1 fully saturated rings. The van der Waals surface area contributed by atoms with Gasteiger partial charge in [-0.3, -0.25) is 4.79 Å².